The summed E-state index contributed by atoms with van der Waals surface area (Å²) < 4.78 is 17.2. The molecule has 126 valence electrons. The summed E-state index contributed by atoms with van der Waals surface area (Å²) in [6, 6.07) is -0.675. The van der Waals surface area contributed by atoms with Crippen molar-refractivity contribution < 1.29 is 24.2 Å². The summed E-state index contributed by atoms with van der Waals surface area (Å²) >= 11 is 0. The van der Waals surface area contributed by atoms with Gasteiger partial charge in [0.25, 0.3) is 0 Å². The van der Waals surface area contributed by atoms with E-state index in [1.54, 1.807) is 0 Å². The number of rotatable bonds is 7. The standard InChI is InChI=1S/C11H17N6O5P/c1-6(3-22-5-23(19,20)21)7(2-18)17-4-14-8-9(12)15-11(13)16-10(8)17/h4,7,18H,1-3,5H2,(H2,19,20,21)(H4,12,13,15,16). The van der Waals surface area contributed by atoms with Crippen LogP contribution in [0.1, 0.15) is 6.04 Å². The van der Waals surface area contributed by atoms with Gasteiger partial charge in [-0.1, -0.05) is 6.58 Å². The molecule has 2 aromatic heterocycles. The summed E-state index contributed by atoms with van der Waals surface area (Å²) in [4.78, 5) is 29.4. The highest BCUT2D eigenvalue weighted by molar-refractivity contribution is 7.51. The lowest BCUT2D eigenvalue weighted by Crippen LogP contribution is -2.18. The Hall–Kier alpha value is -2.04. The molecule has 0 radical (unpaired) electrons. The molecule has 0 aliphatic rings. The Morgan fingerprint density at radius 2 is 2.13 bits per heavy atom. The van der Waals surface area contributed by atoms with Crippen LogP contribution >= 0.6 is 7.60 Å². The molecule has 11 nitrogen and oxygen atoms in total. The van der Waals surface area contributed by atoms with Gasteiger partial charge in [0.15, 0.2) is 11.5 Å². The average Bonchev–Trinajstić information content (AvgIpc) is 2.82. The maximum Gasteiger partial charge on any atom is 0.350 e. The van der Waals surface area contributed by atoms with Crippen molar-refractivity contribution in [3.8, 4) is 0 Å². The normalized spacial score (nSPS) is 13.3. The lowest BCUT2D eigenvalue weighted by Gasteiger charge is -2.19. The summed E-state index contributed by atoms with van der Waals surface area (Å²) in [5.41, 5.74) is 12.3. The van der Waals surface area contributed by atoms with Gasteiger partial charge in [-0.25, -0.2) is 4.98 Å². The van der Waals surface area contributed by atoms with Crippen molar-refractivity contribution in [3.63, 3.8) is 0 Å². The Labute approximate surface area is 130 Å². The van der Waals surface area contributed by atoms with Crippen LogP contribution in [0.4, 0.5) is 11.8 Å². The van der Waals surface area contributed by atoms with E-state index in [9.17, 15) is 9.67 Å². The van der Waals surface area contributed by atoms with Crippen LogP contribution in [0.25, 0.3) is 11.2 Å². The third-order valence-corrected chi connectivity index (χ3v) is 3.51. The van der Waals surface area contributed by atoms with Gasteiger partial charge < -0.3 is 35.7 Å². The monoisotopic (exact) mass is 344 g/mol. The molecule has 2 heterocycles. The van der Waals surface area contributed by atoms with Gasteiger partial charge >= 0.3 is 7.60 Å². The van der Waals surface area contributed by atoms with Gasteiger partial charge in [0, 0.05) is 0 Å². The molecule has 1 unspecified atom stereocenters. The largest absolute Gasteiger partial charge is 0.394 e. The van der Waals surface area contributed by atoms with E-state index in [1.165, 1.54) is 10.9 Å². The van der Waals surface area contributed by atoms with Gasteiger partial charge in [0.1, 0.15) is 11.9 Å². The minimum Gasteiger partial charge on any atom is -0.394 e. The third kappa shape index (κ3) is 4.03. The number of aliphatic hydroxyl groups is 1. The van der Waals surface area contributed by atoms with Crippen LogP contribution in [0, 0.1) is 0 Å². The van der Waals surface area contributed by atoms with Crippen molar-refractivity contribution in [1.82, 2.24) is 19.5 Å². The Bertz CT molecular complexity index is 772. The first-order valence-electron chi connectivity index (χ1n) is 6.39. The molecule has 1 atom stereocenters. The second-order valence-electron chi connectivity index (χ2n) is 4.79. The Morgan fingerprint density at radius 3 is 2.74 bits per heavy atom. The number of fused-ring (bicyclic) bond motifs is 1. The molecular formula is C11H17N6O5P. The first kappa shape index (κ1) is 17.3. The van der Waals surface area contributed by atoms with Crippen LogP contribution < -0.4 is 11.5 Å². The predicted octanol–water partition coefficient (Wildman–Crippen LogP) is -0.768. The minimum atomic E-state index is -4.27. The average molecular weight is 344 g/mol. The summed E-state index contributed by atoms with van der Waals surface area (Å²) in [6.45, 7) is 3.25. The maximum absolute atomic E-state index is 10.8. The Balaban J connectivity index is 2.24. The molecule has 23 heavy (non-hydrogen) atoms. The van der Waals surface area contributed by atoms with Gasteiger partial charge in [0.05, 0.1) is 25.6 Å². The molecule has 12 heteroatoms. The van der Waals surface area contributed by atoms with E-state index in [4.69, 9.17) is 26.0 Å². The topological polar surface area (TPSA) is 183 Å². The molecule has 0 fully saturated rings. The number of hydrogen-bond acceptors (Lipinski definition) is 8. The van der Waals surface area contributed by atoms with Crippen LogP contribution in [-0.4, -0.2) is 54.0 Å². The Kier molecular flexibility index (Phi) is 4.97. The number of nitrogens with two attached hydrogens (primary N) is 2. The van der Waals surface area contributed by atoms with Crippen LogP contribution in [0.2, 0.25) is 0 Å². The van der Waals surface area contributed by atoms with Crippen LogP contribution in [0.5, 0.6) is 0 Å². The van der Waals surface area contributed by atoms with Gasteiger partial charge in [-0.3, -0.25) is 4.57 Å². The van der Waals surface area contributed by atoms with E-state index in [2.05, 4.69) is 21.5 Å². The molecule has 0 aliphatic carbocycles. The number of nitrogen functional groups attached to an aromatic ring is 2. The first-order chi connectivity index (χ1) is 10.7. The van der Waals surface area contributed by atoms with Gasteiger partial charge in [0.2, 0.25) is 5.95 Å². The molecule has 0 aliphatic heterocycles. The zero-order valence-electron chi connectivity index (χ0n) is 12.0. The second kappa shape index (κ2) is 6.60. The number of imidazole rings is 1. The fraction of sp³-hybridized carbons (Fsp3) is 0.364. The molecule has 0 saturated carbocycles. The van der Waals surface area contributed by atoms with Crippen molar-refractivity contribution >= 4 is 30.5 Å². The molecule has 0 aromatic carbocycles. The second-order valence-corrected chi connectivity index (χ2v) is 6.38. The Morgan fingerprint density at radius 1 is 1.43 bits per heavy atom. The molecule has 0 amide bonds. The smallest absolute Gasteiger partial charge is 0.350 e. The summed E-state index contributed by atoms with van der Waals surface area (Å²) in [7, 11) is -4.27. The van der Waals surface area contributed by atoms with Crippen molar-refractivity contribution in [2.75, 3.05) is 31.0 Å². The quantitative estimate of drug-likeness (QED) is 0.316. The van der Waals surface area contributed by atoms with Gasteiger partial charge in [-0.2, -0.15) is 9.97 Å². The number of aromatic nitrogens is 4. The molecule has 2 aromatic rings. The third-order valence-electron chi connectivity index (χ3n) is 2.99. The zero-order chi connectivity index (χ0) is 17.2. The zero-order valence-corrected chi connectivity index (χ0v) is 12.9. The molecule has 2 rings (SSSR count). The fourth-order valence-corrected chi connectivity index (χ4v) is 2.32. The van der Waals surface area contributed by atoms with E-state index < -0.39 is 20.0 Å². The molecule has 0 saturated heterocycles. The highest BCUT2D eigenvalue weighted by atomic mass is 31.2. The number of aliphatic hydroxyl groups excluding tert-OH is 1. The van der Waals surface area contributed by atoms with E-state index in [0.29, 0.717) is 16.7 Å². The minimum absolute atomic E-state index is 0.0446. The number of anilines is 2. The highest BCUT2D eigenvalue weighted by Gasteiger charge is 2.21. The van der Waals surface area contributed by atoms with Crippen molar-refractivity contribution in [3.05, 3.63) is 18.5 Å². The molecular weight excluding hydrogens is 327 g/mol. The highest BCUT2D eigenvalue weighted by Crippen LogP contribution is 2.34. The first-order valence-corrected chi connectivity index (χ1v) is 8.19. The number of nitrogens with zero attached hydrogens (tertiary/aromatic N) is 4. The SMILES string of the molecule is C=C(COCP(=O)(O)O)C(CO)n1cnc2c(N)nc(N)nc21. The van der Waals surface area contributed by atoms with Gasteiger partial charge in [-0.05, 0) is 5.57 Å². The summed E-state index contributed by atoms with van der Waals surface area (Å²) in [5, 5.41) is 9.60. The van der Waals surface area contributed by atoms with E-state index in [-0.39, 0.29) is 25.0 Å². The van der Waals surface area contributed by atoms with Crippen LogP contribution in [0.3, 0.4) is 0 Å². The van der Waals surface area contributed by atoms with Crippen molar-refractivity contribution in [2.24, 2.45) is 0 Å². The lowest BCUT2D eigenvalue weighted by atomic mass is 10.1. The molecule has 0 bridgehead atoms. The van der Waals surface area contributed by atoms with Crippen LogP contribution in [0.15, 0.2) is 18.5 Å². The maximum atomic E-state index is 10.8. The molecule has 0 spiro atoms. The lowest BCUT2D eigenvalue weighted by molar-refractivity contribution is 0.163. The number of ether oxygens (including phenoxy) is 1. The summed E-state index contributed by atoms with van der Waals surface area (Å²) in [5.74, 6) is 0.0584. The van der Waals surface area contributed by atoms with Gasteiger partial charge in [-0.15, -0.1) is 0 Å². The van der Waals surface area contributed by atoms with Crippen LogP contribution in [-0.2, 0) is 9.30 Å². The van der Waals surface area contributed by atoms with E-state index in [1.807, 2.05) is 0 Å². The van der Waals surface area contributed by atoms with Crippen molar-refractivity contribution in [1.29, 1.82) is 0 Å². The fourth-order valence-electron chi connectivity index (χ4n) is 1.99. The predicted molar refractivity (Wildman–Crippen MR) is 82.3 cm³/mol. The van der Waals surface area contributed by atoms with E-state index in [0.717, 1.165) is 0 Å². The van der Waals surface area contributed by atoms with E-state index >= 15 is 0 Å². The molecule has 7 N–H and O–H groups in total. The van der Waals surface area contributed by atoms with Crippen molar-refractivity contribution in [2.45, 2.75) is 6.04 Å². The number of hydrogen-bond donors (Lipinski definition) is 5. The summed E-state index contributed by atoms with van der Waals surface area (Å²) in [6.07, 6.45) is 0.654.